The molecule has 0 aliphatic heterocycles. The second-order valence-electron chi connectivity index (χ2n) is 2.78. The minimum absolute atomic E-state index is 0.00630. The van der Waals surface area contributed by atoms with Crippen molar-refractivity contribution in [1.82, 2.24) is 0 Å². The van der Waals surface area contributed by atoms with Crippen molar-refractivity contribution in [3.63, 3.8) is 0 Å². The number of hydrogen-bond donors (Lipinski definition) is 3. The Morgan fingerprint density at radius 3 is 3.00 bits per heavy atom. The van der Waals surface area contributed by atoms with Crippen molar-refractivity contribution in [3.05, 3.63) is 23.1 Å². The molecule has 0 spiro atoms. The Morgan fingerprint density at radius 1 is 1.54 bits per heavy atom. The molecule has 1 aromatic heterocycles. The van der Waals surface area contributed by atoms with Crippen molar-refractivity contribution in [2.45, 2.75) is 11.5 Å². The third-order valence-electron chi connectivity index (χ3n) is 2.01. The lowest BCUT2D eigenvalue weighted by atomic mass is 10.1. The number of thiol groups is 1. The predicted molar refractivity (Wildman–Crippen MR) is 59.4 cm³/mol. The molecule has 4 heteroatoms. The molecule has 0 unspecified atom stereocenters. The van der Waals surface area contributed by atoms with Crippen LogP contribution < -0.4 is 5.73 Å². The Balaban J connectivity index is 2.88. The van der Waals surface area contributed by atoms with E-state index in [0.29, 0.717) is 0 Å². The molecule has 3 N–H and O–H groups in total. The number of nitrogen functional groups attached to an aromatic ring is 1. The summed E-state index contributed by atoms with van der Waals surface area (Å²) in [6, 6.07) is 3.75. The van der Waals surface area contributed by atoms with Crippen molar-refractivity contribution in [2.24, 2.45) is 0 Å². The topological polar surface area (TPSA) is 46.2 Å². The van der Waals surface area contributed by atoms with Gasteiger partial charge in [0.15, 0.2) is 0 Å². The molecule has 0 radical (unpaired) electrons. The van der Waals surface area contributed by atoms with Crippen LogP contribution in [0.25, 0.3) is 10.1 Å². The summed E-state index contributed by atoms with van der Waals surface area (Å²) in [5.41, 5.74) is 7.39. The Morgan fingerprint density at radius 2 is 2.31 bits per heavy atom. The quantitative estimate of drug-likeness (QED) is 0.500. The highest BCUT2D eigenvalue weighted by molar-refractivity contribution is 7.80. The lowest BCUT2D eigenvalue weighted by Crippen LogP contribution is -1.91. The third-order valence-corrected chi connectivity index (χ3v) is 3.37. The molecule has 13 heavy (non-hydrogen) atoms. The smallest absolute Gasteiger partial charge is 0.0699 e. The zero-order valence-electron chi connectivity index (χ0n) is 6.82. The van der Waals surface area contributed by atoms with Gasteiger partial charge in [-0.15, -0.1) is 24.0 Å². The lowest BCUT2D eigenvalue weighted by molar-refractivity contribution is 0.280. The standard InChI is InChI=1S/C9H9NOS2/c10-7-3-8(12)6(4-11)5-1-2-13-9(5)7/h1-3,11-12H,4,10H2. The highest BCUT2D eigenvalue weighted by Gasteiger charge is 2.08. The first-order valence-electron chi connectivity index (χ1n) is 3.82. The fraction of sp³-hybridized carbons (Fsp3) is 0.111. The molecule has 1 aromatic carbocycles. The Bertz CT molecular complexity index is 450. The molecule has 0 bridgehead atoms. The van der Waals surface area contributed by atoms with Crippen molar-refractivity contribution in [3.8, 4) is 0 Å². The molecule has 0 amide bonds. The van der Waals surface area contributed by atoms with Gasteiger partial charge in [-0.2, -0.15) is 0 Å². The molecule has 1 heterocycles. The van der Waals surface area contributed by atoms with Gasteiger partial charge in [-0.05, 0) is 23.1 Å². The molecule has 0 saturated heterocycles. The molecule has 0 saturated carbocycles. The lowest BCUT2D eigenvalue weighted by Gasteiger charge is -2.05. The van der Waals surface area contributed by atoms with Crippen molar-refractivity contribution in [2.75, 3.05) is 5.73 Å². The van der Waals surface area contributed by atoms with Crippen LogP contribution in [0.1, 0.15) is 5.56 Å². The molecule has 68 valence electrons. The first-order chi connectivity index (χ1) is 6.24. The van der Waals surface area contributed by atoms with Gasteiger partial charge in [-0.25, -0.2) is 0 Å². The zero-order valence-corrected chi connectivity index (χ0v) is 8.53. The van der Waals surface area contributed by atoms with E-state index in [-0.39, 0.29) is 6.61 Å². The summed E-state index contributed by atoms with van der Waals surface area (Å²) in [6.07, 6.45) is 0. The number of fused-ring (bicyclic) bond motifs is 1. The van der Waals surface area contributed by atoms with E-state index >= 15 is 0 Å². The maximum Gasteiger partial charge on any atom is 0.0699 e. The van der Waals surface area contributed by atoms with Gasteiger partial charge in [0.1, 0.15) is 0 Å². The van der Waals surface area contributed by atoms with Crippen molar-refractivity contribution in [1.29, 1.82) is 0 Å². The number of nitrogens with two attached hydrogens (primary N) is 1. The molecule has 2 nitrogen and oxygen atoms in total. The van der Waals surface area contributed by atoms with Crippen LogP contribution in [-0.4, -0.2) is 5.11 Å². The number of thiophene rings is 1. The van der Waals surface area contributed by atoms with E-state index in [2.05, 4.69) is 12.6 Å². The number of benzene rings is 1. The van der Waals surface area contributed by atoms with Crippen LogP contribution in [0.5, 0.6) is 0 Å². The van der Waals surface area contributed by atoms with E-state index < -0.39 is 0 Å². The van der Waals surface area contributed by atoms with Crippen LogP contribution >= 0.6 is 24.0 Å². The average molecular weight is 211 g/mol. The van der Waals surface area contributed by atoms with Gasteiger partial charge >= 0.3 is 0 Å². The number of anilines is 1. The summed E-state index contributed by atoms with van der Waals surface area (Å²) >= 11 is 5.85. The average Bonchev–Trinajstić information content (AvgIpc) is 2.53. The normalized spacial score (nSPS) is 10.9. The fourth-order valence-corrected chi connectivity index (χ4v) is 2.56. The molecule has 0 aliphatic carbocycles. The maximum absolute atomic E-state index is 9.14. The monoisotopic (exact) mass is 211 g/mol. The van der Waals surface area contributed by atoms with Crippen LogP contribution in [0.3, 0.4) is 0 Å². The first-order valence-corrected chi connectivity index (χ1v) is 5.15. The SMILES string of the molecule is Nc1cc(S)c(CO)c2ccsc12. The second-order valence-corrected chi connectivity index (χ2v) is 4.18. The van der Waals surface area contributed by atoms with Crippen LogP contribution in [0, 0.1) is 0 Å². The highest BCUT2D eigenvalue weighted by Crippen LogP contribution is 2.33. The Labute approximate surface area is 85.4 Å². The van der Waals surface area contributed by atoms with Gasteiger partial charge in [0, 0.05) is 10.3 Å². The van der Waals surface area contributed by atoms with Crippen LogP contribution in [0.15, 0.2) is 22.4 Å². The van der Waals surface area contributed by atoms with Gasteiger partial charge in [0.05, 0.1) is 17.0 Å². The summed E-state index contributed by atoms with van der Waals surface area (Å²) in [7, 11) is 0. The van der Waals surface area contributed by atoms with Crippen LogP contribution in [-0.2, 0) is 6.61 Å². The third kappa shape index (κ3) is 1.31. The van der Waals surface area contributed by atoms with Gasteiger partial charge < -0.3 is 10.8 Å². The largest absolute Gasteiger partial charge is 0.398 e. The summed E-state index contributed by atoms with van der Waals surface area (Å²) in [6.45, 7) is 0.00630. The molecule has 0 atom stereocenters. The minimum atomic E-state index is 0.00630. The van der Waals surface area contributed by atoms with Crippen LogP contribution in [0.4, 0.5) is 5.69 Å². The minimum Gasteiger partial charge on any atom is -0.398 e. The van der Waals surface area contributed by atoms with E-state index in [0.717, 1.165) is 26.2 Å². The zero-order chi connectivity index (χ0) is 9.42. The van der Waals surface area contributed by atoms with Gasteiger partial charge in [0.2, 0.25) is 0 Å². The summed E-state index contributed by atoms with van der Waals surface area (Å²) in [4.78, 5) is 0.755. The number of hydrogen-bond acceptors (Lipinski definition) is 4. The molecular formula is C9H9NOS2. The van der Waals surface area contributed by atoms with E-state index in [1.807, 2.05) is 11.4 Å². The van der Waals surface area contributed by atoms with Gasteiger partial charge in [-0.1, -0.05) is 0 Å². The Kier molecular flexibility index (Phi) is 2.19. The number of aliphatic hydroxyl groups excluding tert-OH is 1. The van der Waals surface area contributed by atoms with E-state index in [4.69, 9.17) is 10.8 Å². The van der Waals surface area contributed by atoms with Gasteiger partial charge in [0.25, 0.3) is 0 Å². The first kappa shape index (κ1) is 8.87. The van der Waals surface area contributed by atoms with E-state index in [1.165, 1.54) is 0 Å². The fourth-order valence-electron chi connectivity index (χ4n) is 1.37. The molecule has 2 aromatic rings. The Hall–Kier alpha value is -0.710. The second kappa shape index (κ2) is 3.21. The van der Waals surface area contributed by atoms with E-state index in [1.54, 1.807) is 17.4 Å². The highest BCUT2D eigenvalue weighted by atomic mass is 32.1. The van der Waals surface area contributed by atoms with Crippen molar-refractivity contribution < 1.29 is 5.11 Å². The molecule has 0 fully saturated rings. The van der Waals surface area contributed by atoms with Crippen LogP contribution in [0.2, 0.25) is 0 Å². The van der Waals surface area contributed by atoms with E-state index in [9.17, 15) is 0 Å². The number of aliphatic hydroxyl groups is 1. The molecule has 0 aliphatic rings. The summed E-state index contributed by atoms with van der Waals surface area (Å²) in [5, 5.41) is 12.1. The maximum atomic E-state index is 9.14. The summed E-state index contributed by atoms with van der Waals surface area (Å²) in [5.74, 6) is 0. The summed E-state index contributed by atoms with van der Waals surface area (Å²) < 4.78 is 1.03. The predicted octanol–water partition coefficient (Wildman–Crippen LogP) is 2.26. The van der Waals surface area contributed by atoms with Gasteiger partial charge in [-0.3, -0.25) is 0 Å². The number of rotatable bonds is 1. The van der Waals surface area contributed by atoms with Crippen molar-refractivity contribution >= 4 is 39.7 Å². The molecular weight excluding hydrogens is 202 g/mol. The molecule has 2 rings (SSSR count).